The molecule has 0 heterocycles. The minimum atomic E-state index is 0. The third-order valence-corrected chi connectivity index (χ3v) is 3.90. The van der Waals surface area contributed by atoms with E-state index in [9.17, 15) is 5.11 Å². The molecule has 0 unspecified atom stereocenters. The first kappa shape index (κ1) is 24.8. The second kappa shape index (κ2) is 13.9. The van der Waals surface area contributed by atoms with E-state index in [1.807, 2.05) is 31.2 Å². The van der Waals surface area contributed by atoms with E-state index in [2.05, 4.69) is 15.6 Å². The molecule has 3 N–H and O–H groups in total. The van der Waals surface area contributed by atoms with E-state index in [4.69, 9.17) is 14.2 Å². The summed E-state index contributed by atoms with van der Waals surface area (Å²) in [5, 5.41) is 16.5. The molecule has 0 saturated heterocycles. The van der Waals surface area contributed by atoms with Gasteiger partial charge in [-0.3, -0.25) is 0 Å². The molecule has 8 heteroatoms. The van der Waals surface area contributed by atoms with Gasteiger partial charge in [-0.1, -0.05) is 6.07 Å². The van der Waals surface area contributed by atoms with Crippen LogP contribution in [0.2, 0.25) is 0 Å². The number of hydrogen-bond acceptors (Lipinski definition) is 5. The SMILES string of the molecule is CCNC(=NCc1cc(OC)ccc1O)Nc1cccc(OCCCOC)c1.I. The average Bonchev–Trinajstić information content (AvgIpc) is 2.71. The minimum absolute atomic E-state index is 0. The molecular weight excluding hydrogens is 485 g/mol. The molecule has 29 heavy (non-hydrogen) atoms. The molecule has 0 atom stereocenters. The highest BCUT2D eigenvalue weighted by Crippen LogP contribution is 2.23. The predicted octanol–water partition coefficient (Wildman–Crippen LogP) is 4.01. The lowest BCUT2D eigenvalue weighted by Gasteiger charge is -2.13. The van der Waals surface area contributed by atoms with E-state index in [-0.39, 0.29) is 29.7 Å². The lowest BCUT2D eigenvalue weighted by Crippen LogP contribution is -2.30. The van der Waals surface area contributed by atoms with Crippen LogP contribution in [0, 0.1) is 0 Å². The minimum Gasteiger partial charge on any atom is -0.508 e. The second-order valence-corrected chi connectivity index (χ2v) is 6.04. The predicted molar refractivity (Wildman–Crippen MR) is 127 cm³/mol. The van der Waals surface area contributed by atoms with Crippen molar-refractivity contribution in [2.45, 2.75) is 19.9 Å². The number of guanidine groups is 1. The smallest absolute Gasteiger partial charge is 0.196 e. The number of ether oxygens (including phenoxy) is 3. The summed E-state index contributed by atoms with van der Waals surface area (Å²) in [6.45, 7) is 4.29. The topological polar surface area (TPSA) is 84.3 Å². The molecule has 160 valence electrons. The number of nitrogens with zero attached hydrogens (tertiary/aromatic N) is 1. The van der Waals surface area contributed by atoms with E-state index in [0.717, 1.165) is 17.9 Å². The normalized spacial score (nSPS) is 10.8. The number of phenolic OH excluding ortho intramolecular Hbond substituents is 1. The van der Waals surface area contributed by atoms with Crippen molar-refractivity contribution in [3.8, 4) is 17.2 Å². The van der Waals surface area contributed by atoms with Gasteiger partial charge in [0.05, 0.1) is 20.3 Å². The van der Waals surface area contributed by atoms with Crippen molar-refractivity contribution in [2.75, 3.05) is 39.3 Å². The summed E-state index contributed by atoms with van der Waals surface area (Å²) in [5.41, 5.74) is 1.55. The number of halogens is 1. The molecule has 0 radical (unpaired) electrons. The van der Waals surface area contributed by atoms with Crippen molar-refractivity contribution in [2.24, 2.45) is 4.99 Å². The van der Waals surface area contributed by atoms with E-state index in [1.165, 1.54) is 0 Å². The Labute approximate surface area is 189 Å². The Morgan fingerprint density at radius 3 is 2.62 bits per heavy atom. The number of aliphatic imine (C=N–C) groups is 1. The molecule has 7 nitrogen and oxygen atoms in total. The molecule has 2 aromatic rings. The van der Waals surface area contributed by atoms with Crippen molar-refractivity contribution in [1.29, 1.82) is 0 Å². The summed E-state index contributed by atoms with van der Waals surface area (Å²) < 4.78 is 16.0. The van der Waals surface area contributed by atoms with E-state index >= 15 is 0 Å². The van der Waals surface area contributed by atoms with Crippen molar-refractivity contribution in [3.63, 3.8) is 0 Å². The number of hydrogen-bond donors (Lipinski definition) is 3. The lowest BCUT2D eigenvalue weighted by molar-refractivity contribution is 0.172. The highest BCUT2D eigenvalue weighted by Gasteiger charge is 2.05. The fraction of sp³-hybridized carbons (Fsp3) is 0.381. The number of anilines is 1. The molecule has 0 fully saturated rings. The van der Waals surface area contributed by atoms with Crippen LogP contribution in [0.25, 0.3) is 0 Å². The van der Waals surface area contributed by atoms with Gasteiger partial charge in [-0.05, 0) is 37.3 Å². The molecule has 0 bridgehead atoms. The summed E-state index contributed by atoms with van der Waals surface area (Å²) in [7, 11) is 3.27. The van der Waals surface area contributed by atoms with Crippen molar-refractivity contribution in [3.05, 3.63) is 48.0 Å². The number of phenols is 1. The van der Waals surface area contributed by atoms with E-state index < -0.39 is 0 Å². The Bertz CT molecular complexity index is 771. The Kier molecular flexibility index (Phi) is 11.9. The van der Waals surface area contributed by atoms with Gasteiger partial charge in [-0.2, -0.15) is 0 Å². The molecule has 0 amide bonds. The van der Waals surface area contributed by atoms with Gasteiger partial charge in [0.2, 0.25) is 0 Å². The maximum atomic E-state index is 10.0. The summed E-state index contributed by atoms with van der Waals surface area (Å²) >= 11 is 0. The van der Waals surface area contributed by atoms with Gasteiger partial charge in [-0.25, -0.2) is 4.99 Å². The highest BCUT2D eigenvalue weighted by molar-refractivity contribution is 14.0. The Hall–Kier alpha value is -2.20. The van der Waals surface area contributed by atoms with Gasteiger partial charge in [0.1, 0.15) is 17.2 Å². The maximum Gasteiger partial charge on any atom is 0.196 e. The first-order valence-corrected chi connectivity index (χ1v) is 9.29. The van der Waals surface area contributed by atoms with Gasteiger partial charge in [0.15, 0.2) is 5.96 Å². The standard InChI is InChI=1S/C21H29N3O4.HI/c1-4-22-21(23-15-16-13-18(27-3)9-10-20(16)25)24-17-7-5-8-19(14-17)28-12-6-11-26-2;/h5,7-10,13-14,25H,4,6,11-12,15H2,1-3H3,(H2,22,23,24);1H. The van der Waals surface area contributed by atoms with Crippen LogP contribution in [0.15, 0.2) is 47.5 Å². The zero-order chi connectivity index (χ0) is 20.2. The monoisotopic (exact) mass is 515 g/mol. The molecule has 0 aliphatic heterocycles. The van der Waals surface area contributed by atoms with Crippen molar-refractivity contribution >= 4 is 35.6 Å². The van der Waals surface area contributed by atoms with Crippen molar-refractivity contribution in [1.82, 2.24) is 5.32 Å². The quantitative estimate of drug-likeness (QED) is 0.192. The zero-order valence-corrected chi connectivity index (χ0v) is 19.4. The first-order valence-electron chi connectivity index (χ1n) is 9.29. The second-order valence-electron chi connectivity index (χ2n) is 6.04. The van der Waals surface area contributed by atoms with Gasteiger partial charge in [0.25, 0.3) is 0 Å². The van der Waals surface area contributed by atoms with Crippen LogP contribution in [-0.2, 0) is 11.3 Å². The summed E-state index contributed by atoms with van der Waals surface area (Å²) in [4.78, 5) is 4.55. The van der Waals surface area contributed by atoms with E-state index in [0.29, 0.717) is 43.6 Å². The third-order valence-electron chi connectivity index (χ3n) is 3.90. The molecule has 0 aromatic heterocycles. The van der Waals surface area contributed by atoms with Gasteiger partial charge in [-0.15, -0.1) is 24.0 Å². The van der Waals surface area contributed by atoms with Gasteiger partial charge in [0, 0.05) is 44.0 Å². The fourth-order valence-electron chi connectivity index (χ4n) is 2.48. The molecule has 0 saturated carbocycles. The summed E-state index contributed by atoms with van der Waals surface area (Å²) in [5.74, 6) is 2.26. The summed E-state index contributed by atoms with van der Waals surface area (Å²) in [6, 6.07) is 12.8. The van der Waals surface area contributed by atoms with Crippen LogP contribution < -0.4 is 20.1 Å². The molecule has 0 spiro atoms. The van der Waals surface area contributed by atoms with Gasteiger partial charge < -0.3 is 30.0 Å². The Balaban J connectivity index is 0.00000420. The van der Waals surface area contributed by atoms with Crippen LogP contribution in [0.5, 0.6) is 17.2 Å². The summed E-state index contributed by atoms with van der Waals surface area (Å²) in [6.07, 6.45) is 0.836. The Morgan fingerprint density at radius 2 is 1.90 bits per heavy atom. The number of rotatable bonds is 10. The molecule has 2 rings (SSSR count). The van der Waals surface area contributed by atoms with Gasteiger partial charge >= 0.3 is 0 Å². The van der Waals surface area contributed by atoms with Crippen LogP contribution in [0.1, 0.15) is 18.9 Å². The lowest BCUT2D eigenvalue weighted by atomic mass is 10.2. The molecule has 2 aromatic carbocycles. The van der Waals surface area contributed by atoms with Crippen LogP contribution >= 0.6 is 24.0 Å². The number of benzene rings is 2. The average molecular weight is 515 g/mol. The van der Waals surface area contributed by atoms with Crippen LogP contribution in [0.4, 0.5) is 5.69 Å². The van der Waals surface area contributed by atoms with E-state index in [1.54, 1.807) is 32.4 Å². The highest BCUT2D eigenvalue weighted by atomic mass is 127. The number of nitrogens with one attached hydrogen (secondary N) is 2. The first-order chi connectivity index (χ1) is 13.7. The van der Waals surface area contributed by atoms with Crippen molar-refractivity contribution < 1.29 is 19.3 Å². The zero-order valence-electron chi connectivity index (χ0n) is 17.1. The number of methoxy groups -OCH3 is 2. The molecule has 0 aliphatic carbocycles. The van der Waals surface area contributed by atoms with Crippen LogP contribution in [0.3, 0.4) is 0 Å². The fourth-order valence-corrected chi connectivity index (χ4v) is 2.48. The molecule has 0 aliphatic rings. The largest absolute Gasteiger partial charge is 0.508 e. The third kappa shape index (κ3) is 8.78. The Morgan fingerprint density at radius 1 is 1.07 bits per heavy atom. The van der Waals surface area contributed by atoms with Crippen LogP contribution in [-0.4, -0.2) is 45.0 Å². The molecular formula is C21H30IN3O4. The maximum absolute atomic E-state index is 10.0. The number of aromatic hydroxyl groups is 1.